The molecule has 0 saturated carbocycles. The summed E-state index contributed by atoms with van der Waals surface area (Å²) in [5.74, 6) is -1.67. The maximum Gasteiger partial charge on any atom is 0.251 e. The summed E-state index contributed by atoms with van der Waals surface area (Å²) in [6.07, 6.45) is 0.341. The fourth-order valence-electron chi connectivity index (χ4n) is 2.83. The Morgan fingerprint density at radius 2 is 1.65 bits per heavy atom. The number of fused-ring (bicyclic) bond motifs is 1. The fourth-order valence-corrected chi connectivity index (χ4v) is 2.83. The summed E-state index contributed by atoms with van der Waals surface area (Å²) in [6, 6.07) is 19.1. The molecule has 0 heterocycles. The van der Waals surface area contributed by atoms with Crippen LogP contribution >= 0.6 is 0 Å². The van der Waals surface area contributed by atoms with Crippen molar-refractivity contribution in [3.8, 4) is 0 Å². The van der Waals surface area contributed by atoms with E-state index in [0.29, 0.717) is 12.0 Å². The third kappa shape index (κ3) is 4.25. The molecule has 0 aliphatic heterocycles. The Kier molecular flexibility index (Phi) is 5.27. The van der Waals surface area contributed by atoms with E-state index in [1.165, 1.54) is 12.1 Å². The van der Waals surface area contributed by atoms with Gasteiger partial charge in [0.25, 0.3) is 5.91 Å². The van der Waals surface area contributed by atoms with Crippen molar-refractivity contribution in [2.45, 2.75) is 6.42 Å². The van der Waals surface area contributed by atoms with E-state index < -0.39 is 11.8 Å². The highest BCUT2D eigenvalue weighted by atomic mass is 19.1. The van der Waals surface area contributed by atoms with Gasteiger partial charge in [-0.3, -0.25) is 9.59 Å². The molecule has 0 aromatic heterocycles. The molecule has 0 bridgehead atoms. The van der Waals surface area contributed by atoms with Gasteiger partial charge < -0.3 is 11.1 Å². The van der Waals surface area contributed by atoms with Crippen LogP contribution in [-0.2, 0) is 11.2 Å². The van der Waals surface area contributed by atoms with Crippen molar-refractivity contribution >= 4 is 22.6 Å². The topological polar surface area (TPSA) is 72.2 Å². The summed E-state index contributed by atoms with van der Waals surface area (Å²) >= 11 is 0. The van der Waals surface area contributed by atoms with Crippen LogP contribution in [-0.4, -0.2) is 18.4 Å². The molecule has 0 spiro atoms. The number of nitrogens with two attached hydrogens (primary N) is 1. The molecule has 26 heavy (non-hydrogen) atoms. The molecule has 0 radical (unpaired) electrons. The highest BCUT2D eigenvalue weighted by Crippen LogP contribution is 2.16. The van der Waals surface area contributed by atoms with Crippen LogP contribution in [0.3, 0.4) is 0 Å². The van der Waals surface area contributed by atoms with E-state index >= 15 is 0 Å². The Morgan fingerprint density at radius 1 is 0.962 bits per heavy atom. The first-order valence-corrected chi connectivity index (χ1v) is 8.33. The molecule has 4 nitrogen and oxygen atoms in total. The zero-order valence-electron chi connectivity index (χ0n) is 14.1. The molecule has 0 fully saturated rings. The number of primary amides is 1. The molecular weight excluding hydrogens is 331 g/mol. The first kappa shape index (κ1) is 17.6. The lowest BCUT2D eigenvalue weighted by atomic mass is 9.98. The first-order chi connectivity index (χ1) is 12.5. The van der Waals surface area contributed by atoms with Crippen LogP contribution in [0, 0.1) is 11.7 Å². The highest BCUT2D eigenvalue weighted by molar-refractivity contribution is 5.98. The van der Waals surface area contributed by atoms with Gasteiger partial charge in [0.15, 0.2) is 0 Å². The van der Waals surface area contributed by atoms with E-state index in [4.69, 9.17) is 5.73 Å². The van der Waals surface area contributed by atoms with Gasteiger partial charge in [-0.15, -0.1) is 0 Å². The van der Waals surface area contributed by atoms with Crippen molar-refractivity contribution in [2.75, 3.05) is 6.54 Å². The van der Waals surface area contributed by atoms with Crippen molar-refractivity contribution in [2.24, 2.45) is 11.7 Å². The Balaban J connectivity index is 1.66. The molecule has 0 saturated heterocycles. The lowest BCUT2D eigenvalue weighted by Crippen LogP contribution is -2.37. The number of amides is 2. The monoisotopic (exact) mass is 350 g/mol. The smallest absolute Gasteiger partial charge is 0.251 e. The maximum absolute atomic E-state index is 13.0. The van der Waals surface area contributed by atoms with E-state index in [9.17, 15) is 14.0 Å². The number of halogens is 1. The summed E-state index contributed by atoms with van der Waals surface area (Å²) in [5, 5.41) is 4.78. The molecule has 3 aromatic rings. The quantitative estimate of drug-likeness (QED) is 0.717. The van der Waals surface area contributed by atoms with Gasteiger partial charge in [-0.05, 0) is 47.0 Å². The van der Waals surface area contributed by atoms with Gasteiger partial charge in [0.05, 0.1) is 5.92 Å². The maximum atomic E-state index is 13.0. The van der Waals surface area contributed by atoms with Gasteiger partial charge in [-0.25, -0.2) is 4.39 Å². The number of rotatable bonds is 6. The van der Waals surface area contributed by atoms with Crippen LogP contribution < -0.4 is 11.1 Å². The summed E-state index contributed by atoms with van der Waals surface area (Å²) in [6.45, 7) is 0.123. The minimum atomic E-state index is -0.565. The Bertz CT molecular complexity index is 938. The Morgan fingerprint density at radius 3 is 2.35 bits per heavy atom. The second-order valence-electron chi connectivity index (χ2n) is 6.20. The average Bonchev–Trinajstić information content (AvgIpc) is 2.65. The molecule has 3 aromatic carbocycles. The molecule has 0 aliphatic carbocycles. The third-order valence-electron chi connectivity index (χ3n) is 4.32. The van der Waals surface area contributed by atoms with Crippen LogP contribution in [0.2, 0.25) is 0 Å². The van der Waals surface area contributed by atoms with Crippen LogP contribution in [0.25, 0.3) is 10.8 Å². The molecule has 5 heteroatoms. The lowest BCUT2D eigenvalue weighted by molar-refractivity contribution is -0.121. The van der Waals surface area contributed by atoms with Crippen molar-refractivity contribution in [1.29, 1.82) is 0 Å². The molecule has 1 atom stereocenters. The molecule has 2 amide bonds. The number of carbonyl (C=O) groups is 2. The number of benzene rings is 3. The number of carbonyl (C=O) groups excluding carboxylic acids is 2. The minimum absolute atomic E-state index is 0.123. The molecule has 3 rings (SSSR count). The molecule has 1 unspecified atom stereocenters. The number of nitrogens with one attached hydrogen (secondary N) is 1. The van der Waals surface area contributed by atoms with E-state index in [1.54, 1.807) is 18.2 Å². The predicted octanol–water partition coefficient (Wildman–Crippen LogP) is 3.05. The fraction of sp³-hybridized carbons (Fsp3) is 0.143. The summed E-state index contributed by atoms with van der Waals surface area (Å²) in [5.41, 5.74) is 6.76. The SMILES string of the molecule is NC(=O)C(CNC(=O)c1ccc2ccccc2c1)Cc1ccc(F)cc1. The second-order valence-corrected chi connectivity index (χ2v) is 6.20. The van der Waals surface area contributed by atoms with Gasteiger partial charge >= 0.3 is 0 Å². The highest BCUT2D eigenvalue weighted by Gasteiger charge is 2.18. The molecule has 0 aliphatic rings. The predicted molar refractivity (Wildman–Crippen MR) is 99.1 cm³/mol. The van der Waals surface area contributed by atoms with Gasteiger partial charge in [-0.2, -0.15) is 0 Å². The van der Waals surface area contributed by atoms with Crippen LogP contribution in [0.15, 0.2) is 66.7 Å². The summed E-state index contributed by atoms with van der Waals surface area (Å²) < 4.78 is 13.0. The average molecular weight is 350 g/mol. The largest absolute Gasteiger partial charge is 0.369 e. The van der Waals surface area contributed by atoms with E-state index in [1.807, 2.05) is 36.4 Å². The molecular formula is C21H19FN2O2. The van der Waals surface area contributed by atoms with E-state index in [0.717, 1.165) is 16.3 Å². The molecule has 3 N–H and O–H groups in total. The van der Waals surface area contributed by atoms with E-state index in [2.05, 4.69) is 5.32 Å². The van der Waals surface area contributed by atoms with Gasteiger partial charge in [0.2, 0.25) is 5.91 Å². The Hall–Kier alpha value is -3.21. The van der Waals surface area contributed by atoms with E-state index in [-0.39, 0.29) is 18.3 Å². The Labute approximate surface area is 150 Å². The van der Waals surface area contributed by atoms with Crippen LogP contribution in [0.4, 0.5) is 4.39 Å². The number of hydrogen-bond acceptors (Lipinski definition) is 2. The summed E-state index contributed by atoms with van der Waals surface area (Å²) in [4.78, 5) is 24.1. The van der Waals surface area contributed by atoms with Gasteiger partial charge in [0, 0.05) is 12.1 Å². The molecule has 132 valence electrons. The minimum Gasteiger partial charge on any atom is -0.369 e. The zero-order valence-corrected chi connectivity index (χ0v) is 14.1. The van der Waals surface area contributed by atoms with Crippen LogP contribution in [0.1, 0.15) is 15.9 Å². The van der Waals surface area contributed by atoms with Crippen molar-refractivity contribution in [1.82, 2.24) is 5.32 Å². The van der Waals surface area contributed by atoms with Crippen molar-refractivity contribution in [3.63, 3.8) is 0 Å². The number of hydrogen-bond donors (Lipinski definition) is 2. The van der Waals surface area contributed by atoms with Gasteiger partial charge in [0.1, 0.15) is 5.82 Å². The zero-order chi connectivity index (χ0) is 18.5. The van der Waals surface area contributed by atoms with Gasteiger partial charge in [-0.1, -0.05) is 42.5 Å². The van der Waals surface area contributed by atoms with Crippen molar-refractivity contribution in [3.05, 3.63) is 83.7 Å². The third-order valence-corrected chi connectivity index (χ3v) is 4.32. The van der Waals surface area contributed by atoms with Crippen LogP contribution in [0.5, 0.6) is 0 Å². The first-order valence-electron chi connectivity index (χ1n) is 8.33. The van der Waals surface area contributed by atoms with Crippen molar-refractivity contribution < 1.29 is 14.0 Å². The lowest BCUT2D eigenvalue weighted by Gasteiger charge is -2.15. The summed E-state index contributed by atoms with van der Waals surface area (Å²) in [7, 11) is 0. The standard InChI is InChI=1S/C21H19FN2O2/c22-19-9-5-14(6-10-19)11-18(20(23)25)13-24-21(26)17-8-7-15-3-1-2-4-16(15)12-17/h1-10,12,18H,11,13H2,(H2,23,25)(H,24,26). The second kappa shape index (κ2) is 7.78. The normalized spacial score (nSPS) is 11.9.